The predicted molar refractivity (Wildman–Crippen MR) is 301 cm³/mol. The van der Waals surface area contributed by atoms with E-state index in [1.165, 1.54) is 97.2 Å². The highest BCUT2D eigenvalue weighted by atomic mass is 32.1. The third kappa shape index (κ3) is 9.51. The maximum Gasteiger partial charge on any atom is 0.0587 e. The molecular weight excluding hydrogens is 969 g/mol. The minimum absolute atomic E-state index is 1.01. The molecule has 0 aliphatic carbocycles. The van der Waals surface area contributed by atoms with Crippen molar-refractivity contribution in [3.8, 4) is 0 Å². The highest BCUT2D eigenvalue weighted by molar-refractivity contribution is 7.09. The van der Waals surface area contributed by atoms with E-state index >= 15 is 0 Å². The Morgan fingerprint density at radius 2 is 0.429 bits per heavy atom. The molecule has 0 fully saturated rings. The van der Waals surface area contributed by atoms with E-state index < -0.39 is 0 Å². The average Bonchev–Trinajstić information content (AvgIpc) is 4.21. The molecule has 4 nitrogen and oxygen atoms in total. The quantitative estimate of drug-likeness (QED) is 0.116. The highest BCUT2D eigenvalue weighted by Gasteiger charge is 2.07. The van der Waals surface area contributed by atoms with Crippen molar-refractivity contribution >= 4 is 92.3 Å². The minimum Gasteiger partial charge on any atom is -0.339 e. The van der Waals surface area contributed by atoms with Crippen LogP contribution in [-0.2, 0) is 26.2 Å². The van der Waals surface area contributed by atoms with Crippen LogP contribution in [0.15, 0.2) is 121 Å². The summed E-state index contributed by atoms with van der Waals surface area (Å²) in [7, 11) is 0. The van der Waals surface area contributed by atoms with Crippen LogP contribution in [0, 0.1) is 79.1 Å². The van der Waals surface area contributed by atoms with Crippen molar-refractivity contribution < 1.29 is 0 Å². The molecule has 1 aliphatic heterocycles. The van der Waals surface area contributed by atoms with Crippen molar-refractivity contribution in [2.45, 2.75) is 105 Å². The lowest BCUT2D eigenvalue weighted by Crippen LogP contribution is -1.99. The maximum atomic E-state index is 2.58. The van der Waals surface area contributed by atoms with Crippen LogP contribution in [0.2, 0.25) is 0 Å². The zero-order valence-corrected chi connectivity index (χ0v) is 45.5. The number of thiophene rings is 6. The molecule has 11 heterocycles. The molecule has 0 aromatic carbocycles. The van der Waals surface area contributed by atoms with Gasteiger partial charge in [-0.3, -0.25) is 0 Å². The third-order valence-electron chi connectivity index (χ3n) is 13.4. The van der Waals surface area contributed by atoms with Crippen LogP contribution in [0.4, 0.5) is 0 Å². The van der Waals surface area contributed by atoms with Crippen LogP contribution < -0.4 is 18.1 Å². The zero-order chi connectivity index (χ0) is 47.6. The summed E-state index contributed by atoms with van der Waals surface area (Å²) < 4.78 is 26.0. The molecule has 10 heteroatoms. The summed E-state index contributed by atoms with van der Waals surface area (Å²) in [6.07, 6.45) is 18.5. The molecular formula is C60H60N4S6. The molecule has 70 heavy (non-hydrogen) atoms. The third-order valence-corrected chi connectivity index (χ3v) is 20.0. The number of nitrogens with zero attached hydrogens (tertiary/aromatic N) is 4. The molecule has 20 bridgehead atoms. The van der Waals surface area contributed by atoms with E-state index in [2.05, 4.69) is 192 Å². The lowest BCUT2D eigenvalue weighted by Gasteiger charge is -2.03. The van der Waals surface area contributed by atoms with Gasteiger partial charge in [0.15, 0.2) is 0 Å². The Hall–Kier alpha value is -5.20. The van der Waals surface area contributed by atoms with E-state index in [0.717, 1.165) is 77.5 Å². The number of rotatable bonds is 12. The fourth-order valence-electron chi connectivity index (χ4n) is 9.70. The van der Waals surface area contributed by atoms with Gasteiger partial charge in [0.1, 0.15) is 0 Å². The summed E-state index contributed by atoms with van der Waals surface area (Å²) in [5.41, 5.74) is 0. The van der Waals surface area contributed by atoms with E-state index in [-0.39, 0.29) is 0 Å². The molecule has 0 unspecified atom stereocenters. The van der Waals surface area contributed by atoms with Gasteiger partial charge in [0.2, 0.25) is 0 Å². The average molecular weight is 1030 g/mol. The Morgan fingerprint density at radius 1 is 0.243 bits per heavy atom. The smallest absolute Gasteiger partial charge is 0.0587 e. The van der Waals surface area contributed by atoms with Crippen molar-refractivity contribution in [2.24, 2.45) is 0 Å². The monoisotopic (exact) mass is 1030 g/mol. The van der Waals surface area contributed by atoms with E-state index in [1.54, 1.807) is 0 Å². The molecule has 0 amide bonds. The summed E-state index contributed by atoms with van der Waals surface area (Å²) in [5, 5.41) is 10.5. The van der Waals surface area contributed by atoms with Gasteiger partial charge >= 0.3 is 0 Å². The first-order chi connectivity index (χ1) is 34.5. The summed E-state index contributed by atoms with van der Waals surface area (Å²) in [6.45, 7) is 13.2. The first-order valence-corrected chi connectivity index (χ1v) is 30.2. The Morgan fingerprint density at radius 3 is 0.629 bits per heavy atom. The van der Waals surface area contributed by atoms with Gasteiger partial charge in [-0.05, 0) is 171 Å². The van der Waals surface area contributed by atoms with Crippen molar-refractivity contribution in [1.82, 2.24) is 18.3 Å². The van der Waals surface area contributed by atoms with Crippen LogP contribution in [0.1, 0.15) is 79.1 Å². The van der Waals surface area contributed by atoms with Crippen LogP contribution in [0.5, 0.6) is 0 Å². The number of hydrogen-bond acceptors (Lipinski definition) is 6. The molecule has 0 spiro atoms. The van der Waals surface area contributed by atoms with Gasteiger partial charge in [-0.2, -0.15) is 0 Å². The summed E-state index contributed by atoms with van der Waals surface area (Å²) >= 11 is 11.4. The van der Waals surface area contributed by atoms with E-state index in [4.69, 9.17) is 0 Å². The molecule has 0 saturated heterocycles. The maximum absolute atomic E-state index is 2.58. The number of fused-ring (bicyclic) bond motifs is 20. The van der Waals surface area contributed by atoms with Gasteiger partial charge in [0.25, 0.3) is 0 Å². The predicted octanol–water partition coefficient (Wildman–Crippen LogP) is 13.6. The largest absolute Gasteiger partial charge is 0.339 e. The van der Waals surface area contributed by atoms with Crippen LogP contribution >= 0.6 is 68.0 Å². The Kier molecular flexibility index (Phi) is 14.3. The lowest BCUT2D eigenvalue weighted by atomic mass is 10.3. The van der Waals surface area contributed by atoms with Crippen molar-refractivity contribution in [2.75, 3.05) is 0 Å². The number of hydrogen-bond donors (Lipinski definition) is 0. The minimum atomic E-state index is 1.01. The topological polar surface area (TPSA) is 19.7 Å². The molecule has 356 valence electrons. The van der Waals surface area contributed by atoms with Gasteiger partial charge in [-0.15, -0.1) is 68.0 Å². The van der Waals surface area contributed by atoms with E-state index in [0.29, 0.717) is 0 Å². The van der Waals surface area contributed by atoms with Gasteiger partial charge in [0.05, 0.1) is 79.1 Å². The fraction of sp³-hybridized carbons (Fsp3) is 0.267. The molecule has 11 rings (SSSR count). The van der Waals surface area contributed by atoms with E-state index in [1.807, 2.05) is 68.0 Å². The first-order valence-electron chi connectivity index (χ1n) is 25.3. The molecule has 10 aromatic rings. The van der Waals surface area contributed by atoms with Gasteiger partial charge in [0, 0.05) is 44.3 Å². The van der Waals surface area contributed by atoms with Gasteiger partial charge < -0.3 is 18.3 Å². The van der Waals surface area contributed by atoms with Crippen LogP contribution in [0.25, 0.3) is 24.3 Å². The summed E-state index contributed by atoms with van der Waals surface area (Å²) in [4.78, 5) is 0. The second-order valence-electron chi connectivity index (χ2n) is 18.2. The summed E-state index contributed by atoms with van der Waals surface area (Å²) in [5.74, 6) is 0. The van der Waals surface area contributed by atoms with Gasteiger partial charge in [-0.1, -0.05) is 53.4 Å². The molecule has 0 radical (unpaired) electrons. The molecule has 1 aliphatic rings. The van der Waals surface area contributed by atoms with Crippen LogP contribution in [-0.4, -0.2) is 18.3 Å². The van der Waals surface area contributed by atoms with Crippen LogP contribution in [0.3, 0.4) is 0 Å². The highest BCUT2D eigenvalue weighted by Crippen LogP contribution is 2.18. The Bertz CT molecular complexity index is 4000. The Labute approximate surface area is 430 Å². The normalized spacial score (nSPS) is 12.3. The molecule has 10 aromatic heterocycles. The van der Waals surface area contributed by atoms with E-state index in [9.17, 15) is 0 Å². The molecule has 0 N–H and O–H groups in total. The van der Waals surface area contributed by atoms with Crippen molar-refractivity contribution in [3.05, 3.63) is 219 Å². The number of unbranched alkanes of at least 4 members (excludes halogenated alkanes) is 4. The fourth-order valence-corrected chi connectivity index (χ4v) is 15.6. The molecule has 0 saturated carbocycles. The first kappa shape index (κ1) is 47.1. The second kappa shape index (κ2) is 21.3. The summed E-state index contributed by atoms with van der Waals surface area (Å²) in [6, 6.07) is 46.7. The standard InChI is InChI=1S/C60H60N4S6/c1-5-9-37-61-45-21-25-49(61)57-33-34-58(69-57)50-26-22-46(62(50)38-10-6-2)54-31-19-43(67-54)15-16-44-20-32-56(68-44)48-24-28-52(64(48)40-12-8-4)60-36-35-59(70-60)51-27-23-47(63(51)39-11-7-3)55-30-18-42(66-55)14-13-41-17-29-53(45)65-41/h13-36H,5-12,37-40H2,1-4H3. The SMILES string of the molecule is CCCCn1c2ccc1=c1ccc(s1)=c1ccc(n1CCCC)=c1ccc(s1)=CC=c1ccc(s1)=c1ccc(n1CCCC)=c1ccc(s1)=c1ccc(n1CCCC)=c1ccc(s1)=CC=c1ccc=2s1. The molecule has 0 atom stereocenters. The zero-order valence-electron chi connectivity index (χ0n) is 40.6. The number of aromatic nitrogens is 4. The second-order valence-corrected chi connectivity index (χ2v) is 24.9. The van der Waals surface area contributed by atoms with Gasteiger partial charge in [-0.25, -0.2) is 0 Å². The van der Waals surface area contributed by atoms with Crippen molar-refractivity contribution in [1.29, 1.82) is 0 Å². The van der Waals surface area contributed by atoms with Crippen molar-refractivity contribution in [3.63, 3.8) is 0 Å². The lowest BCUT2D eigenvalue weighted by molar-refractivity contribution is 0.613. The Balaban J connectivity index is 1.20.